The van der Waals surface area contributed by atoms with Crippen LogP contribution in [0.1, 0.15) is 36.5 Å². The molecule has 28 heavy (non-hydrogen) atoms. The molecule has 0 saturated carbocycles. The lowest BCUT2D eigenvalue weighted by molar-refractivity contribution is -0.150. The Morgan fingerprint density at radius 2 is 1.71 bits per heavy atom. The fourth-order valence-corrected chi connectivity index (χ4v) is 3.68. The molecule has 5 heteroatoms. The summed E-state index contributed by atoms with van der Waals surface area (Å²) in [5, 5.41) is 11.1. The average Bonchev–Trinajstić information content (AvgIpc) is 2.76. The fourth-order valence-electron chi connectivity index (χ4n) is 3.68. The van der Waals surface area contributed by atoms with E-state index in [2.05, 4.69) is 4.90 Å². The molecular formula is C23H29NO4. The number of aliphatic hydroxyl groups excluding tert-OH is 1. The van der Waals surface area contributed by atoms with Crippen LogP contribution in [0.3, 0.4) is 0 Å². The van der Waals surface area contributed by atoms with Gasteiger partial charge in [-0.1, -0.05) is 55.0 Å². The smallest absolute Gasteiger partial charge is 0.312 e. The van der Waals surface area contributed by atoms with Crippen molar-refractivity contribution < 1.29 is 19.4 Å². The molecule has 0 aliphatic carbocycles. The second-order valence-corrected chi connectivity index (χ2v) is 7.25. The first-order valence-corrected chi connectivity index (χ1v) is 9.93. The van der Waals surface area contributed by atoms with Gasteiger partial charge >= 0.3 is 5.97 Å². The lowest BCUT2D eigenvalue weighted by Crippen LogP contribution is -2.39. The van der Waals surface area contributed by atoms with Gasteiger partial charge in [-0.3, -0.25) is 4.79 Å². The molecule has 2 aromatic rings. The molecule has 150 valence electrons. The van der Waals surface area contributed by atoms with Gasteiger partial charge in [0.2, 0.25) is 0 Å². The van der Waals surface area contributed by atoms with E-state index in [1.165, 1.54) is 13.5 Å². The number of methoxy groups -OCH3 is 1. The third-order valence-electron chi connectivity index (χ3n) is 5.26. The molecule has 1 heterocycles. The van der Waals surface area contributed by atoms with Crippen LogP contribution in [-0.4, -0.2) is 42.7 Å². The summed E-state index contributed by atoms with van der Waals surface area (Å²) in [5.41, 5.74) is 1.66. The minimum atomic E-state index is -0.985. The van der Waals surface area contributed by atoms with Crippen molar-refractivity contribution in [2.45, 2.75) is 32.0 Å². The van der Waals surface area contributed by atoms with Crippen LogP contribution in [0.2, 0.25) is 0 Å². The summed E-state index contributed by atoms with van der Waals surface area (Å²) in [5.74, 6) is -0.452. The quantitative estimate of drug-likeness (QED) is 0.706. The van der Waals surface area contributed by atoms with Crippen molar-refractivity contribution in [3.05, 3.63) is 65.7 Å². The Morgan fingerprint density at radius 3 is 2.43 bits per heavy atom. The molecule has 0 spiro atoms. The predicted octanol–water partition coefficient (Wildman–Crippen LogP) is 3.57. The molecule has 1 aliphatic rings. The molecule has 0 radical (unpaired) electrons. The Kier molecular flexibility index (Phi) is 7.46. The normalized spacial score (nSPS) is 16.9. The van der Waals surface area contributed by atoms with Gasteiger partial charge < -0.3 is 19.5 Å². The molecular weight excluding hydrogens is 354 g/mol. The van der Waals surface area contributed by atoms with Gasteiger partial charge in [0.25, 0.3) is 0 Å². The van der Waals surface area contributed by atoms with E-state index in [0.29, 0.717) is 24.5 Å². The van der Waals surface area contributed by atoms with Crippen LogP contribution in [0.4, 0.5) is 0 Å². The number of ether oxygens (including phenoxy) is 2. The first-order chi connectivity index (χ1) is 13.7. The number of hydrogen-bond donors (Lipinski definition) is 1. The van der Waals surface area contributed by atoms with E-state index in [9.17, 15) is 9.90 Å². The number of carbonyl (C=O) groups excluding carboxylic acids is 1. The highest BCUT2D eigenvalue weighted by molar-refractivity contribution is 5.73. The lowest BCUT2D eigenvalue weighted by atomic mass is 9.93. The second kappa shape index (κ2) is 10.2. The largest absolute Gasteiger partial charge is 0.489 e. The second-order valence-electron chi connectivity index (χ2n) is 7.25. The van der Waals surface area contributed by atoms with Gasteiger partial charge in [-0.2, -0.15) is 0 Å². The third kappa shape index (κ3) is 5.33. The number of likely N-dealkylation sites (tertiary alicyclic amines) is 1. The standard InChI is InChI=1S/C23H29NO4/c1-27-23(26)20(16-24-14-8-3-9-15-24)22(25)19-12-6-7-13-21(19)28-17-18-10-4-2-5-11-18/h2,4-7,10-13,20,22,25H,3,8-9,14-17H2,1H3. The van der Waals surface area contributed by atoms with E-state index in [1.807, 2.05) is 54.6 Å². The van der Waals surface area contributed by atoms with Crippen molar-refractivity contribution in [3.63, 3.8) is 0 Å². The van der Waals surface area contributed by atoms with Crippen LogP contribution in [0.5, 0.6) is 5.75 Å². The van der Waals surface area contributed by atoms with Gasteiger partial charge in [0.15, 0.2) is 0 Å². The van der Waals surface area contributed by atoms with Gasteiger partial charge in [0.05, 0.1) is 19.1 Å². The van der Waals surface area contributed by atoms with Crippen molar-refractivity contribution >= 4 is 5.97 Å². The summed E-state index contributed by atoms with van der Waals surface area (Å²) in [4.78, 5) is 14.7. The average molecular weight is 383 g/mol. The number of esters is 1. The maximum atomic E-state index is 12.4. The summed E-state index contributed by atoms with van der Waals surface area (Å²) >= 11 is 0. The topological polar surface area (TPSA) is 59.0 Å². The molecule has 2 atom stereocenters. The minimum absolute atomic E-state index is 0.393. The van der Waals surface area contributed by atoms with Crippen LogP contribution < -0.4 is 4.74 Å². The number of carbonyl (C=O) groups is 1. The Morgan fingerprint density at radius 1 is 1.04 bits per heavy atom. The summed E-state index contributed by atoms with van der Waals surface area (Å²) in [6.45, 7) is 2.79. The van der Waals surface area contributed by atoms with Crippen molar-refractivity contribution in [1.29, 1.82) is 0 Å². The minimum Gasteiger partial charge on any atom is -0.489 e. The number of para-hydroxylation sites is 1. The van der Waals surface area contributed by atoms with Crippen molar-refractivity contribution in [3.8, 4) is 5.75 Å². The number of rotatable bonds is 8. The molecule has 1 aliphatic heterocycles. The van der Waals surface area contributed by atoms with E-state index in [-0.39, 0.29) is 0 Å². The molecule has 1 fully saturated rings. The van der Waals surface area contributed by atoms with Gasteiger partial charge in [-0.15, -0.1) is 0 Å². The molecule has 1 N–H and O–H groups in total. The van der Waals surface area contributed by atoms with E-state index < -0.39 is 18.0 Å². The lowest BCUT2D eigenvalue weighted by Gasteiger charge is -2.31. The Labute approximate surface area is 166 Å². The zero-order valence-electron chi connectivity index (χ0n) is 16.4. The van der Waals surface area contributed by atoms with E-state index in [0.717, 1.165) is 31.5 Å². The monoisotopic (exact) mass is 383 g/mol. The summed E-state index contributed by atoms with van der Waals surface area (Å²) in [6, 6.07) is 17.2. The van der Waals surface area contributed by atoms with Crippen LogP contribution in [-0.2, 0) is 16.1 Å². The number of nitrogens with zero attached hydrogens (tertiary/aromatic N) is 1. The third-order valence-corrected chi connectivity index (χ3v) is 5.26. The molecule has 3 rings (SSSR count). The van der Waals surface area contributed by atoms with Crippen molar-refractivity contribution in [2.75, 3.05) is 26.7 Å². The van der Waals surface area contributed by atoms with Crippen LogP contribution in [0.15, 0.2) is 54.6 Å². The van der Waals surface area contributed by atoms with Crippen molar-refractivity contribution in [2.24, 2.45) is 5.92 Å². The van der Waals surface area contributed by atoms with E-state index in [1.54, 1.807) is 0 Å². The maximum absolute atomic E-state index is 12.4. The van der Waals surface area contributed by atoms with Gasteiger partial charge in [-0.05, 0) is 37.6 Å². The van der Waals surface area contributed by atoms with E-state index >= 15 is 0 Å². The van der Waals surface area contributed by atoms with Crippen LogP contribution in [0, 0.1) is 5.92 Å². The SMILES string of the molecule is COC(=O)C(CN1CCCCC1)C(O)c1ccccc1OCc1ccccc1. The molecule has 2 unspecified atom stereocenters. The van der Waals surface area contributed by atoms with Crippen LogP contribution >= 0.6 is 0 Å². The Hall–Kier alpha value is -2.37. The first-order valence-electron chi connectivity index (χ1n) is 9.93. The number of hydrogen-bond acceptors (Lipinski definition) is 5. The highest BCUT2D eigenvalue weighted by Crippen LogP contribution is 2.32. The van der Waals surface area contributed by atoms with Gasteiger partial charge in [0.1, 0.15) is 12.4 Å². The number of piperidine rings is 1. The zero-order chi connectivity index (χ0) is 19.8. The first kappa shape index (κ1) is 20.4. The molecule has 1 saturated heterocycles. The predicted molar refractivity (Wildman–Crippen MR) is 108 cm³/mol. The zero-order valence-corrected chi connectivity index (χ0v) is 16.4. The molecule has 0 amide bonds. The van der Waals surface area contributed by atoms with Gasteiger partial charge in [-0.25, -0.2) is 0 Å². The van der Waals surface area contributed by atoms with Crippen LogP contribution in [0.25, 0.3) is 0 Å². The molecule has 5 nitrogen and oxygen atoms in total. The fraction of sp³-hybridized carbons (Fsp3) is 0.435. The van der Waals surface area contributed by atoms with E-state index in [4.69, 9.17) is 9.47 Å². The maximum Gasteiger partial charge on any atom is 0.312 e. The molecule has 2 aromatic carbocycles. The molecule has 0 bridgehead atoms. The van der Waals surface area contributed by atoms with Crippen molar-refractivity contribution in [1.82, 2.24) is 4.90 Å². The highest BCUT2D eigenvalue weighted by Gasteiger charge is 2.33. The van der Waals surface area contributed by atoms with Gasteiger partial charge in [0, 0.05) is 12.1 Å². The summed E-state index contributed by atoms with van der Waals surface area (Å²) < 4.78 is 11.0. The Bertz CT molecular complexity index is 743. The highest BCUT2D eigenvalue weighted by atomic mass is 16.5. The summed E-state index contributed by atoms with van der Waals surface area (Å²) in [7, 11) is 1.37. The number of aliphatic hydroxyl groups is 1. The Balaban J connectivity index is 1.76. The number of benzene rings is 2. The molecule has 0 aromatic heterocycles. The summed E-state index contributed by atoms with van der Waals surface area (Å²) in [6.07, 6.45) is 2.49.